The minimum Gasteiger partial charge on any atom is -0.494 e. The molecule has 10 heteroatoms. The van der Waals surface area contributed by atoms with Gasteiger partial charge >= 0.3 is 5.69 Å². The van der Waals surface area contributed by atoms with Gasteiger partial charge in [-0.2, -0.15) is 0 Å². The van der Waals surface area contributed by atoms with Crippen molar-refractivity contribution in [3.05, 3.63) is 70.5 Å². The Morgan fingerprint density at radius 2 is 1.77 bits per heavy atom. The summed E-state index contributed by atoms with van der Waals surface area (Å²) in [6.45, 7) is 2.67. The zero-order chi connectivity index (χ0) is 21.5. The van der Waals surface area contributed by atoms with Crippen LogP contribution in [0.25, 0.3) is 0 Å². The maximum atomic E-state index is 13.9. The summed E-state index contributed by atoms with van der Waals surface area (Å²) in [6.07, 6.45) is 3.06. The van der Waals surface area contributed by atoms with Crippen LogP contribution in [0.3, 0.4) is 0 Å². The molecule has 0 saturated heterocycles. The highest BCUT2D eigenvalue weighted by Gasteiger charge is 2.24. The summed E-state index contributed by atoms with van der Waals surface area (Å²) >= 11 is 0. The molecule has 2 aromatic carbocycles. The lowest BCUT2D eigenvalue weighted by Crippen LogP contribution is -2.06. The van der Waals surface area contributed by atoms with Crippen molar-refractivity contribution in [2.75, 3.05) is 17.2 Å². The highest BCUT2D eigenvalue weighted by molar-refractivity contribution is 5.76. The second kappa shape index (κ2) is 9.59. The van der Waals surface area contributed by atoms with Crippen molar-refractivity contribution in [3.8, 4) is 5.75 Å². The zero-order valence-electron chi connectivity index (χ0n) is 16.1. The average Bonchev–Trinajstić information content (AvgIpc) is 2.71. The molecule has 30 heavy (non-hydrogen) atoms. The third-order valence-corrected chi connectivity index (χ3v) is 4.07. The summed E-state index contributed by atoms with van der Waals surface area (Å²) in [5, 5.41) is 17.0. The van der Waals surface area contributed by atoms with Crippen molar-refractivity contribution in [3.63, 3.8) is 0 Å². The molecular formula is C20H19F2N5O3. The Kier molecular flexibility index (Phi) is 6.68. The minimum atomic E-state index is -0.906. The SMILES string of the molecule is CCCCOc1ccc(Nc2ncnc(Nc3ccc(F)cc3F)c2[N+](=O)[O-])cc1. The molecule has 3 aromatic rings. The molecule has 156 valence electrons. The highest BCUT2D eigenvalue weighted by atomic mass is 19.1. The van der Waals surface area contributed by atoms with E-state index in [0.717, 1.165) is 31.3 Å². The number of halogens is 2. The molecule has 0 fully saturated rings. The van der Waals surface area contributed by atoms with Crippen LogP contribution in [-0.2, 0) is 0 Å². The quantitative estimate of drug-likeness (QED) is 0.277. The van der Waals surface area contributed by atoms with Gasteiger partial charge in [0.05, 0.1) is 17.2 Å². The normalized spacial score (nSPS) is 10.5. The van der Waals surface area contributed by atoms with Crippen LogP contribution in [-0.4, -0.2) is 21.5 Å². The molecule has 2 N–H and O–H groups in total. The first-order chi connectivity index (χ1) is 14.5. The number of nitro groups is 1. The van der Waals surface area contributed by atoms with Gasteiger partial charge in [-0.3, -0.25) is 10.1 Å². The summed E-state index contributed by atoms with van der Waals surface area (Å²) in [7, 11) is 0. The molecule has 0 atom stereocenters. The van der Waals surface area contributed by atoms with E-state index in [4.69, 9.17) is 4.74 Å². The molecule has 0 aliphatic carbocycles. The molecule has 0 saturated carbocycles. The lowest BCUT2D eigenvalue weighted by molar-refractivity contribution is -0.383. The van der Waals surface area contributed by atoms with Gasteiger partial charge in [-0.15, -0.1) is 0 Å². The topological polar surface area (TPSA) is 102 Å². The fourth-order valence-electron chi connectivity index (χ4n) is 2.56. The van der Waals surface area contributed by atoms with Crippen LogP contribution < -0.4 is 15.4 Å². The molecule has 8 nitrogen and oxygen atoms in total. The summed E-state index contributed by atoms with van der Waals surface area (Å²) < 4.78 is 32.6. The molecule has 0 aliphatic heterocycles. The van der Waals surface area contributed by atoms with Crippen LogP contribution in [0.15, 0.2) is 48.8 Å². The first-order valence-electron chi connectivity index (χ1n) is 9.19. The Morgan fingerprint density at radius 1 is 1.07 bits per heavy atom. The van der Waals surface area contributed by atoms with Gasteiger partial charge in [0.15, 0.2) is 0 Å². The van der Waals surface area contributed by atoms with Crippen LogP contribution in [0.4, 0.5) is 37.5 Å². The third kappa shape index (κ3) is 5.16. The van der Waals surface area contributed by atoms with Crippen LogP contribution in [0.5, 0.6) is 5.75 Å². The van der Waals surface area contributed by atoms with Gasteiger partial charge in [-0.05, 0) is 42.8 Å². The van der Waals surface area contributed by atoms with Crippen LogP contribution >= 0.6 is 0 Å². The van der Waals surface area contributed by atoms with Crippen LogP contribution in [0.2, 0.25) is 0 Å². The fourth-order valence-corrected chi connectivity index (χ4v) is 2.56. The number of nitrogens with one attached hydrogen (secondary N) is 2. The third-order valence-electron chi connectivity index (χ3n) is 4.07. The lowest BCUT2D eigenvalue weighted by Gasteiger charge is -2.11. The number of nitrogens with zero attached hydrogens (tertiary/aromatic N) is 3. The predicted molar refractivity (Wildman–Crippen MR) is 108 cm³/mol. The maximum Gasteiger partial charge on any atom is 0.353 e. The van der Waals surface area contributed by atoms with E-state index >= 15 is 0 Å². The monoisotopic (exact) mass is 415 g/mol. The maximum absolute atomic E-state index is 13.9. The standard InChI is InChI=1S/C20H19F2N5O3/c1-2-3-10-30-15-7-5-14(6-8-15)25-19-18(27(28)29)20(24-12-23-19)26-17-9-4-13(21)11-16(17)22/h4-9,11-12H,2-3,10H2,1H3,(H2,23,24,25,26). The van der Waals surface area contributed by atoms with Crippen LogP contribution in [0.1, 0.15) is 19.8 Å². The predicted octanol–water partition coefficient (Wildman–Crippen LogP) is 5.33. The molecule has 0 amide bonds. The van der Waals surface area contributed by atoms with E-state index in [-0.39, 0.29) is 17.3 Å². The van der Waals surface area contributed by atoms with Crippen LogP contribution in [0, 0.1) is 21.7 Å². The Bertz CT molecular complexity index is 1030. The largest absolute Gasteiger partial charge is 0.494 e. The number of hydrogen-bond donors (Lipinski definition) is 2. The van der Waals surface area contributed by atoms with Crippen molar-refractivity contribution in [1.82, 2.24) is 9.97 Å². The van der Waals surface area contributed by atoms with E-state index < -0.39 is 22.2 Å². The van der Waals surface area contributed by atoms with Gasteiger partial charge in [-0.1, -0.05) is 13.3 Å². The van der Waals surface area contributed by atoms with E-state index in [1.807, 2.05) is 0 Å². The van der Waals surface area contributed by atoms with Gasteiger partial charge < -0.3 is 15.4 Å². The minimum absolute atomic E-state index is 0.0836. The van der Waals surface area contributed by atoms with E-state index in [1.54, 1.807) is 24.3 Å². The molecule has 0 unspecified atom stereocenters. The van der Waals surface area contributed by atoms with E-state index in [2.05, 4.69) is 27.5 Å². The van der Waals surface area contributed by atoms with Gasteiger partial charge in [0.2, 0.25) is 11.6 Å². The van der Waals surface area contributed by atoms with Gasteiger partial charge in [0, 0.05) is 11.8 Å². The molecule has 3 rings (SSSR count). The Balaban J connectivity index is 1.83. The highest BCUT2D eigenvalue weighted by Crippen LogP contribution is 2.33. The molecule has 0 aliphatic rings. The van der Waals surface area contributed by atoms with E-state index in [0.29, 0.717) is 24.1 Å². The molecule has 1 heterocycles. The van der Waals surface area contributed by atoms with Gasteiger partial charge in [-0.25, -0.2) is 18.7 Å². The Hall–Kier alpha value is -3.82. The number of anilines is 4. The Morgan fingerprint density at radius 3 is 2.40 bits per heavy atom. The fraction of sp³-hybridized carbons (Fsp3) is 0.200. The van der Waals surface area contributed by atoms with Crippen molar-refractivity contribution >= 4 is 28.7 Å². The number of aromatic nitrogens is 2. The molecule has 0 radical (unpaired) electrons. The van der Waals surface area contributed by atoms with Gasteiger partial charge in [0.1, 0.15) is 23.7 Å². The average molecular weight is 415 g/mol. The number of rotatable bonds is 9. The molecule has 0 bridgehead atoms. The van der Waals surface area contributed by atoms with Crippen molar-refractivity contribution < 1.29 is 18.4 Å². The molecule has 0 spiro atoms. The van der Waals surface area contributed by atoms with E-state index in [1.165, 1.54) is 0 Å². The smallest absolute Gasteiger partial charge is 0.353 e. The second-order valence-corrected chi connectivity index (χ2v) is 6.28. The summed E-state index contributed by atoms with van der Waals surface area (Å²) in [5.74, 6) is -1.31. The van der Waals surface area contributed by atoms with Crippen molar-refractivity contribution in [1.29, 1.82) is 0 Å². The lowest BCUT2D eigenvalue weighted by atomic mass is 10.2. The summed E-state index contributed by atoms with van der Waals surface area (Å²) in [5.41, 5.74) is -0.0965. The second-order valence-electron chi connectivity index (χ2n) is 6.28. The molecular weight excluding hydrogens is 396 g/mol. The number of unbranched alkanes of at least 4 members (excludes halogenated alkanes) is 1. The number of hydrogen-bond acceptors (Lipinski definition) is 7. The van der Waals surface area contributed by atoms with Crippen molar-refractivity contribution in [2.45, 2.75) is 19.8 Å². The summed E-state index contributed by atoms with van der Waals surface area (Å²) in [6, 6.07) is 9.68. The van der Waals surface area contributed by atoms with Crippen molar-refractivity contribution in [2.24, 2.45) is 0 Å². The number of ether oxygens (including phenoxy) is 1. The zero-order valence-corrected chi connectivity index (χ0v) is 16.1. The number of benzene rings is 2. The molecule has 1 aromatic heterocycles. The van der Waals surface area contributed by atoms with E-state index in [9.17, 15) is 18.9 Å². The first-order valence-corrected chi connectivity index (χ1v) is 9.19. The summed E-state index contributed by atoms with van der Waals surface area (Å²) in [4.78, 5) is 18.7. The first kappa shape index (κ1) is 20.9. The van der Waals surface area contributed by atoms with Gasteiger partial charge in [0.25, 0.3) is 0 Å². The Labute approximate surface area is 171 Å².